The van der Waals surface area contributed by atoms with Crippen LogP contribution in [0.1, 0.15) is 17.2 Å². The Bertz CT molecular complexity index is 1060. The molecule has 0 atom stereocenters. The molecule has 0 fully saturated rings. The lowest BCUT2D eigenvalue weighted by Crippen LogP contribution is -2.28. The lowest BCUT2D eigenvalue weighted by Gasteiger charge is -2.17. The molecular weight excluding hydrogens is 400 g/mol. The number of likely N-dealkylation sites (N-methyl/N-ethyl adjacent to an activating group) is 2. The van der Waals surface area contributed by atoms with Crippen molar-refractivity contribution in [2.75, 3.05) is 34.2 Å². The molecule has 0 aliphatic heterocycles. The highest BCUT2D eigenvalue weighted by Gasteiger charge is 2.15. The Hall–Kier alpha value is -2.59. The van der Waals surface area contributed by atoms with Crippen molar-refractivity contribution in [1.82, 2.24) is 24.6 Å². The van der Waals surface area contributed by atoms with E-state index in [0.29, 0.717) is 13.0 Å². The van der Waals surface area contributed by atoms with Crippen LogP contribution in [0.4, 0.5) is 0 Å². The van der Waals surface area contributed by atoms with E-state index in [1.807, 2.05) is 51.5 Å². The van der Waals surface area contributed by atoms with Gasteiger partial charge < -0.3 is 4.90 Å². The van der Waals surface area contributed by atoms with E-state index in [2.05, 4.69) is 9.80 Å². The number of aromatic nitrogens is 3. The molecule has 0 saturated heterocycles. The summed E-state index contributed by atoms with van der Waals surface area (Å²) in [5.74, 6) is 1.51. The number of nitrogens with two attached hydrogens (primary N) is 1. The third-order valence-corrected chi connectivity index (χ3v) is 5.60. The zero-order chi connectivity index (χ0) is 21.7. The molecule has 0 amide bonds. The topological polar surface area (TPSA) is 97.4 Å². The molecule has 0 radical (unpaired) electrons. The Labute approximate surface area is 178 Å². The normalized spacial score (nSPS) is 12.1. The zero-order valence-corrected chi connectivity index (χ0v) is 18.4. The van der Waals surface area contributed by atoms with Crippen molar-refractivity contribution in [2.45, 2.75) is 17.9 Å². The second-order valence-electron chi connectivity index (χ2n) is 7.60. The molecule has 0 saturated carbocycles. The quantitative estimate of drug-likeness (QED) is 0.555. The maximum Gasteiger partial charge on any atom is 0.238 e. The van der Waals surface area contributed by atoms with Gasteiger partial charge in [-0.15, -0.1) is 5.10 Å². The fraction of sp³-hybridized carbons (Fsp3) is 0.333. The first-order chi connectivity index (χ1) is 14.2. The van der Waals surface area contributed by atoms with Gasteiger partial charge in [-0.25, -0.2) is 23.2 Å². The van der Waals surface area contributed by atoms with Crippen LogP contribution in [0.2, 0.25) is 0 Å². The summed E-state index contributed by atoms with van der Waals surface area (Å²) in [7, 11) is 2.39. The van der Waals surface area contributed by atoms with Crippen LogP contribution in [0.3, 0.4) is 0 Å². The van der Waals surface area contributed by atoms with Crippen LogP contribution >= 0.6 is 0 Å². The summed E-state index contributed by atoms with van der Waals surface area (Å²) in [6, 6.07) is 16.4. The fourth-order valence-corrected chi connectivity index (χ4v) is 3.54. The highest BCUT2D eigenvalue weighted by atomic mass is 32.2. The van der Waals surface area contributed by atoms with Gasteiger partial charge in [-0.1, -0.05) is 30.3 Å². The molecular formula is C21H28N6O2S. The standard InChI is InChI=1S/C21H28N6O2S/c1-25(2)13-14-26(3)16-20-23-21(15-17-7-5-4-6-8-17)27(24-20)18-9-11-19(12-10-18)30(22,28)29/h4-12H,13-16H2,1-3H3,(H2,22,28,29). The molecule has 1 heterocycles. The number of hydrogen-bond donors (Lipinski definition) is 1. The number of rotatable bonds is 9. The molecule has 0 spiro atoms. The van der Waals surface area contributed by atoms with E-state index in [1.165, 1.54) is 12.1 Å². The third kappa shape index (κ3) is 5.96. The smallest absolute Gasteiger partial charge is 0.238 e. The molecule has 30 heavy (non-hydrogen) atoms. The Morgan fingerprint density at radius 3 is 2.23 bits per heavy atom. The van der Waals surface area contributed by atoms with Crippen molar-refractivity contribution in [1.29, 1.82) is 0 Å². The van der Waals surface area contributed by atoms with Gasteiger partial charge in [0.05, 0.1) is 17.1 Å². The van der Waals surface area contributed by atoms with Crippen LogP contribution in [0.5, 0.6) is 0 Å². The molecule has 3 aromatic rings. The first-order valence-electron chi connectivity index (χ1n) is 9.67. The van der Waals surface area contributed by atoms with E-state index < -0.39 is 10.0 Å². The number of benzene rings is 2. The number of nitrogens with zero attached hydrogens (tertiary/aromatic N) is 5. The van der Waals surface area contributed by atoms with Crippen molar-refractivity contribution in [3.63, 3.8) is 0 Å². The predicted octanol–water partition coefficient (Wildman–Crippen LogP) is 1.50. The summed E-state index contributed by atoms with van der Waals surface area (Å²) < 4.78 is 24.9. The van der Waals surface area contributed by atoms with Crippen molar-refractivity contribution in [2.24, 2.45) is 5.14 Å². The van der Waals surface area contributed by atoms with Crippen LogP contribution in [0.15, 0.2) is 59.5 Å². The second kappa shape index (κ2) is 9.48. The SMILES string of the molecule is CN(C)CCN(C)Cc1nc(Cc2ccccc2)n(-c2ccc(S(N)(=O)=O)cc2)n1. The van der Waals surface area contributed by atoms with E-state index >= 15 is 0 Å². The predicted molar refractivity (Wildman–Crippen MR) is 117 cm³/mol. The van der Waals surface area contributed by atoms with E-state index in [1.54, 1.807) is 16.8 Å². The minimum absolute atomic E-state index is 0.0691. The zero-order valence-electron chi connectivity index (χ0n) is 17.6. The molecule has 0 aliphatic carbocycles. The van der Waals surface area contributed by atoms with Gasteiger partial charge in [0.1, 0.15) is 5.82 Å². The van der Waals surface area contributed by atoms with Gasteiger partial charge >= 0.3 is 0 Å². The van der Waals surface area contributed by atoms with Gasteiger partial charge in [0.2, 0.25) is 10.0 Å². The number of hydrogen-bond acceptors (Lipinski definition) is 6. The number of sulfonamides is 1. The van der Waals surface area contributed by atoms with E-state index in [4.69, 9.17) is 15.2 Å². The first kappa shape index (κ1) is 22.1. The van der Waals surface area contributed by atoms with Crippen LogP contribution < -0.4 is 5.14 Å². The highest BCUT2D eigenvalue weighted by molar-refractivity contribution is 7.89. The maximum absolute atomic E-state index is 11.6. The van der Waals surface area contributed by atoms with Crippen LogP contribution in [-0.4, -0.2) is 67.2 Å². The van der Waals surface area contributed by atoms with Gasteiger partial charge in [-0.2, -0.15) is 0 Å². The molecule has 0 aliphatic rings. The molecule has 1 aromatic heterocycles. The second-order valence-corrected chi connectivity index (χ2v) is 9.16. The maximum atomic E-state index is 11.6. The Balaban J connectivity index is 1.90. The summed E-state index contributed by atoms with van der Waals surface area (Å²) in [6.07, 6.45) is 0.617. The molecule has 2 aromatic carbocycles. The van der Waals surface area contributed by atoms with Crippen LogP contribution in [0.25, 0.3) is 5.69 Å². The summed E-state index contributed by atoms with van der Waals surface area (Å²) in [5, 5.41) is 9.92. The van der Waals surface area contributed by atoms with E-state index in [-0.39, 0.29) is 4.90 Å². The van der Waals surface area contributed by atoms with Gasteiger partial charge in [-0.3, -0.25) is 4.90 Å². The minimum Gasteiger partial charge on any atom is -0.308 e. The molecule has 0 bridgehead atoms. The van der Waals surface area contributed by atoms with Gasteiger partial charge in [0, 0.05) is 19.5 Å². The van der Waals surface area contributed by atoms with Gasteiger partial charge in [0.15, 0.2) is 5.82 Å². The average molecular weight is 429 g/mol. The van der Waals surface area contributed by atoms with Crippen LogP contribution in [0, 0.1) is 0 Å². The van der Waals surface area contributed by atoms with E-state index in [0.717, 1.165) is 36.0 Å². The Morgan fingerprint density at radius 1 is 0.967 bits per heavy atom. The molecule has 160 valence electrons. The monoisotopic (exact) mass is 428 g/mol. The molecule has 9 heteroatoms. The summed E-state index contributed by atoms with van der Waals surface area (Å²) in [4.78, 5) is 9.15. The fourth-order valence-electron chi connectivity index (χ4n) is 3.03. The van der Waals surface area contributed by atoms with Crippen molar-refractivity contribution < 1.29 is 8.42 Å². The first-order valence-corrected chi connectivity index (χ1v) is 11.2. The Morgan fingerprint density at radius 2 is 1.63 bits per heavy atom. The lowest BCUT2D eigenvalue weighted by atomic mass is 10.1. The van der Waals surface area contributed by atoms with Crippen molar-refractivity contribution in [3.8, 4) is 5.69 Å². The lowest BCUT2D eigenvalue weighted by molar-refractivity contribution is 0.271. The highest BCUT2D eigenvalue weighted by Crippen LogP contribution is 2.17. The number of primary sulfonamides is 1. The van der Waals surface area contributed by atoms with Crippen LogP contribution in [-0.2, 0) is 23.0 Å². The minimum atomic E-state index is -3.74. The summed E-state index contributed by atoms with van der Waals surface area (Å²) in [5.41, 5.74) is 1.86. The van der Waals surface area contributed by atoms with E-state index in [9.17, 15) is 8.42 Å². The van der Waals surface area contributed by atoms with Crippen molar-refractivity contribution in [3.05, 3.63) is 71.8 Å². The summed E-state index contributed by atoms with van der Waals surface area (Å²) >= 11 is 0. The Kier molecular flexibility index (Phi) is 6.99. The molecule has 3 rings (SSSR count). The largest absolute Gasteiger partial charge is 0.308 e. The van der Waals surface area contributed by atoms with Crippen molar-refractivity contribution >= 4 is 10.0 Å². The third-order valence-electron chi connectivity index (χ3n) is 4.67. The van der Waals surface area contributed by atoms with Gasteiger partial charge in [-0.05, 0) is 51.0 Å². The molecule has 0 unspecified atom stereocenters. The molecule has 2 N–H and O–H groups in total. The molecule has 8 nitrogen and oxygen atoms in total. The summed E-state index contributed by atoms with van der Waals surface area (Å²) in [6.45, 7) is 2.47. The van der Waals surface area contributed by atoms with Gasteiger partial charge in [0.25, 0.3) is 0 Å². The average Bonchev–Trinajstić information content (AvgIpc) is 3.08.